The molecule has 0 bridgehead atoms. The molecule has 3 aromatic rings. The Kier molecular flexibility index (Phi) is 17.7. The molecule has 16 heteroatoms. The van der Waals surface area contributed by atoms with Gasteiger partial charge >= 0.3 is 0 Å². The summed E-state index contributed by atoms with van der Waals surface area (Å²) in [5.41, 5.74) is 1.66. The summed E-state index contributed by atoms with van der Waals surface area (Å²) in [4.78, 5) is 43.8. The van der Waals surface area contributed by atoms with E-state index in [0.717, 1.165) is 57.5 Å². The summed E-state index contributed by atoms with van der Waals surface area (Å²) >= 11 is 11.9. The van der Waals surface area contributed by atoms with E-state index >= 15 is 0 Å². The van der Waals surface area contributed by atoms with Gasteiger partial charge in [-0.2, -0.15) is 15.0 Å². The number of rotatable bonds is 8. The molecule has 0 spiro atoms. The van der Waals surface area contributed by atoms with Gasteiger partial charge < -0.3 is 45.0 Å². The number of amides is 1. The van der Waals surface area contributed by atoms with Crippen LogP contribution in [0.15, 0.2) is 42.5 Å². The van der Waals surface area contributed by atoms with Crippen LogP contribution in [0.25, 0.3) is 0 Å². The van der Waals surface area contributed by atoms with Crippen LogP contribution in [-0.4, -0.2) is 52.8 Å². The molecule has 2 aromatic carbocycles. The maximum Gasteiger partial charge on any atom is 0.233 e. The second kappa shape index (κ2) is 19.2. The number of carbonyl (C=O) groups is 2. The topological polar surface area (TPSA) is 243 Å². The maximum absolute atomic E-state index is 12.7. The van der Waals surface area contributed by atoms with Crippen LogP contribution in [0.5, 0.6) is 0 Å². The third kappa shape index (κ3) is 10.7. The van der Waals surface area contributed by atoms with Gasteiger partial charge in [-0.1, -0.05) is 23.2 Å². The average molecular weight is 681 g/mol. The van der Waals surface area contributed by atoms with Crippen molar-refractivity contribution in [1.29, 1.82) is 0 Å². The molecule has 0 unspecified atom stereocenters. The fraction of sp³-hybridized carbons (Fsp3) is 0.393. The van der Waals surface area contributed by atoms with Gasteiger partial charge in [-0.25, -0.2) is 0 Å². The number of benzene rings is 2. The average Bonchev–Trinajstić information content (AvgIpc) is 2.96. The number of anilines is 5. The van der Waals surface area contributed by atoms with Gasteiger partial charge in [-0.05, 0) is 81.0 Å². The summed E-state index contributed by atoms with van der Waals surface area (Å²) < 4.78 is 0. The minimum Gasteiger partial charge on any atom is -0.344 e. The van der Waals surface area contributed by atoms with Crippen molar-refractivity contribution in [3.8, 4) is 0 Å². The Morgan fingerprint density at radius 3 is 1.70 bits per heavy atom. The lowest BCUT2D eigenvalue weighted by Crippen LogP contribution is -2.34. The number of nitrogens with one attached hydrogen (secondary N) is 2. The number of halogens is 3. The molecule has 1 amide bonds. The quantitative estimate of drug-likeness (QED) is 0.0974. The van der Waals surface area contributed by atoms with E-state index in [9.17, 15) is 9.59 Å². The van der Waals surface area contributed by atoms with Crippen molar-refractivity contribution in [2.24, 2.45) is 0 Å². The smallest absolute Gasteiger partial charge is 0.233 e. The second-order valence-corrected chi connectivity index (χ2v) is 10.6. The van der Waals surface area contributed by atoms with E-state index in [1.807, 2.05) is 0 Å². The molecule has 13 nitrogen and oxygen atoms in total. The lowest BCUT2D eigenvalue weighted by atomic mass is 10.1. The van der Waals surface area contributed by atoms with E-state index in [-0.39, 0.29) is 54.9 Å². The van der Waals surface area contributed by atoms with Crippen molar-refractivity contribution in [2.45, 2.75) is 44.9 Å². The van der Waals surface area contributed by atoms with E-state index in [0.29, 0.717) is 39.1 Å². The summed E-state index contributed by atoms with van der Waals surface area (Å²) in [5.74, 6) is 1.16. The van der Waals surface area contributed by atoms with Crippen molar-refractivity contribution in [3.63, 3.8) is 0 Å². The van der Waals surface area contributed by atoms with Gasteiger partial charge in [-0.3, -0.25) is 9.59 Å². The predicted molar refractivity (Wildman–Crippen MR) is 192 cm³/mol. The number of carbonyl (C=O) groups excluding carboxylic acids is 2. The van der Waals surface area contributed by atoms with Crippen LogP contribution >= 0.6 is 35.6 Å². The molecular weight excluding hydrogens is 629 g/mol. The number of hydrogen-bond acceptors (Lipinski definition) is 12. The van der Waals surface area contributed by atoms with E-state index in [4.69, 9.17) is 38.2 Å². The predicted octanol–water partition coefficient (Wildman–Crippen LogP) is 8.17. The van der Waals surface area contributed by atoms with Crippen molar-refractivity contribution in [2.75, 3.05) is 46.6 Å². The summed E-state index contributed by atoms with van der Waals surface area (Å²) in [6.45, 7) is 3.77. The lowest BCUT2D eigenvalue weighted by Gasteiger charge is -2.30. The molecular formula is C28H52Cl3N11O2. The Labute approximate surface area is 280 Å². The van der Waals surface area contributed by atoms with Crippen LogP contribution in [0.1, 0.15) is 61.0 Å². The summed E-state index contributed by atoms with van der Waals surface area (Å²) in [5, 5.41) is 6.67. The first-order valence-corrected chi connectivity index (χ1v) is 14.1. The molecule has 2 aliphatic heterocycles. The van der Waals surface area contributed by atoms with E-state index in [2.05, 4.69) is 20.4 Å². The Hall–Kier alpha value is -3.30. The minimum absolute atomic E-state index is 0. The Morgan fingerprint density at radius 1 is 0.705 bits per heavy atom. The molecule has 0 saturated carbocycles. The highest BCUT2D eigenvalue weighted by Gasteiger charge is 2.20. The number of aromatic nitrogens is 3. The number of ketones is 1. The van der Waals surface area contributed by atoms with Crippen molar-refractivity contribution in [3.05, 3.63) is 58.1 Å². The van der Waals surface area contributed by atoms with Crippen LogP contribution in [0.4, 0.5) is 29.2 Å². The zero-order valence-corrected chi connectivity index (χ0v) is 27.2. The monoisotopic (exact) mass is 679 g/mol. The second-order valence-electron chi connectivity index (χ2n) is 9.83. The SMILES string of the molecule is Cl.N.N.N.N.O=C(CC(=O)c1ccc(Nc2nc(N3CCCCC3)nc(N3CCCCC3)n2)cc1)Nc1ccc(Cl)c(Cl)c1.[HH].[HH].[HH].[HH]. The molecule has 3 heterocycles. The van der Waals surface area contributed by atoms with Gasteiger partial charge in [0.15, 0.2) is 5.78 Å². The third-order valence-corrected chi connectivity index (χ3v) is 7.62. The van der Waals surface area contributed by atoms with Crippen LogP contribution in [0, 0.1) is 0 Å². The Morgan fingerprint density at radius 2 is 1.20 bits per heavy atom. The zero-order valence-electron chi connectivity index (χ0n) is 24.9. The van der Waals surface area contributed by atoms with Gasteiger partial charge in [-0.15, -0.1) is 12.4 Å². The molecule has 0 aliphatic carbocycles. The molecule has 2 aliphatic rings. The first-order chi connectivity index (χ1) is 18.9. The van der Waals surface area contributed by atoms with E-state index < -0.39 is 5.91 Å². The molecule has 44 heavy (non-hydrogen) atoms. The maximum atomic E-state index is 12.7. The van der Waals surface area contributed by atoms with E-state index in [1.54, 1.807) is 42.5 Å². The fourth-order valence-corrected chi connectivity index (χ4v) is 5.07. The largest absolute Gasteiger partial charge is 0.344 e. The number of nitrogens with zero attached hydrogens (tertiary/aromatic N) is 5. The van der Waals surface area contributed by atoms with Crippen LogP contribution in [0.3, 0.4) is 0 Å². The van der Waals surface area contributed by atoms with Crippen LogP contribution in [-0.2, 0) is 4.79 Å². The lowest BCUT2D eigenvalue weighted by molar-refractivity contribution is -0.115. The number of hydrogen-bond donors (Lipinski definition) is 6. The van der Waals surface area contributed by atoms with Gasteiger partial charge in [0, 0.05) is 48.8 Å². The van der Waals surface area contributed by atoms with Gasteiger partial charge in [0.25, 0.3) is 0 Å². The summed E-state index contributed by atoms with van der Waals surface area (Å²) in [7, 11) is 0. The molecule has 252 valence electrons. The first-order valence-electron chi connectivity index (χ1n) is 13.4. The molecule has 0 radical (unpaired) electrons. The Balaban J connectivity index is -0.000000685. The highest BCUT2D eigenvalue weighted by Crippen LogP contribution is 2.26. The molecule has 14 N–H and O–H groups in total. The standard InChI is InChI=1S/C28H31Cl2N7O2.ClH.4H3N.4H2/c29-22-12-11-21(17-23(22)30)31-25(39)18-24(38)19-7-9-20(10-8-19)32-26-33-27(36-13-3-1-4-14-36)35-28(34-26)37-15-5-2-6-16-37;;;;;;;;;/h7-12,17H,1-6,13-16,18H2,(H,31,39)(H,32,33,34,35);1H;4*1H3;4*1H. The molecule has 1 aromatic heterocycles. The van der Waals surface area contributed by atoms with Gasteiger partial charge in [0.1, 0.15) is 0 Å². The van der Waals surface area contributed by atoms with Crippen molar-refractivity contribution >= 4 is 76.5 Å². The summed E-state index contributed by atoms with van der Waals surface area (Å²) in [6.07, 6.45) is 6.70. The molecule has 2 fully saturated rings. The first kappa shape index (κ1) is 40.7. The highest BCUT2D eigenvalue weighted by atomic mass is 35.5. The Bertz CT molecular complexity index is 1320. The van der Waals surface area contributed by atoms with Crippen molar-refractivity contribution < 1.29 is 15.3 Å². The molecule has 0 atom stereocenters. The van der Waals surface area contributed by atoms with Crippen LogP contribution in [0.2, 0.25) is 10.0 Å². The minimum atomic E-state index is -0.429. The van der Waals surface area contributed by atoms with Crippen LogP contribution < -0.4 is 45.0 Å². The van der Waals surface area contributed by atoms with Gasteiger partial charge in [0.2, 0.25) is 23.8 Å². The highest BCUT2D eigenvalue weighted by molar-refractivity contribution is 6.42. The fourth-order valence-electron chi connectivity index (χ4n) is 4.78. The summed E-state index contributed by atoms with van der Waals surface area (Å²) in [6, 6.07) is 11.7. The molecule has 2 saturated heterocycles. The molecule has 5 rings (SSSR count). The third-order valence-electron chi connectivity index (χ3n) is 6.88. The van der Waals surface area contributed by atoms with Crippen molar-refractivity contribution in [1.82, 2.24) is 39.6 Å². The zero-order chi connectivity index (χ0) is 27.2. The normalized spacial score (nSPS) is 13.9. The number of Topliss-reactive ketones (excluding diaryl/α,β-unsaturated/α-hetero) is 1. The van der Waals surface area contributed by atoms with E-state index in [1.165, 1.54) is 12.8 Å². The van der Waals surface area contributed by atoms with Gasteiger partial charge in [0.05, 0.1) is 16.5 Å². The number of piperidine rings is 2.